The average Bonchev–Trinajstić information content (AvgIpc) is 2.63. The fraction of sp³-hybridized carbons (Fsp3) is 0.375. The van der Waals surface area contributed by atoms with Gasteiger partial charge < -0.3 is 0 Å². The van der Waals surface area contributed by atoms with E-state index >= 15 is 0 Å². The molecule has 20 heavy (non-hydrogen) atoms. The summed E-state index contributed by atoms with van der Waals surface area (Å²) >= 11 is 3.39. The van der Waals surface area contributed by atoms with Crippen LogP contribution in [0.25, 0.3) is 0 Å². The first-order valence-electron chi connectivity index (χ1n) is 6.77. The molecule has 2 amide bonds. The summed E-state index contributed by atoms with van der Waals surface area (Å²) in [7, 11) is 0. The first-order chi connectivity index (χ1) is 9.49. The molecule has 2 aliphatic rings. The number of carbonyl (C=O) groups excluding carboxylic acids is 2. The highest BCUT2D eigenvalue weighted by Crippen LogP contribution is 2.42. The van der Waals surface area contributed by atoms with Gasteiger partial charge in [0.15, 0.2) is 0 Å². The Labute approximate surface area is 126 Å². The van der Waals surface area contributed by atoms with Crippen molar-refractivity contribution < 1.29 is 9.59 Å². The van der Waals surface area contributed by atoms with Gasteiger partial charge in [-0.15, -0.1) is 0 Å². The standard InChI is InChI=1S/C16H16BrNO2/c1-9-6-13-14(7-10(9)2)16(20)18(15(13)19)12-5-3-4-11(17)8-12/h3-5,8,13-14H,6-7H2,1-2H3/t13-,14+. The van der Waals surface area contributed by atoms with Crippen molar-refractivity contribution in [3.8, 4) is 0 Å². The Bertz CT molecular complexity index is 603. The van der Waals surface area contributed by atoms with Crippen molar-refractivity contribution in [1.82, 2.24) is 0 Å². The predicted octanol–water partition coefficient (Wildman–Crippen LogP) is 3.68. The first-order valence-corrected chi connectivity index (χ1v) is 7.57. The van der Waals surface area contributed by atoms with Crippen molar-refractivity contribution in [3.05, 3.63) is 39.9 Å². The number of halogens is 1. The van der Waals surface area contributed by atoms with E-state index in [9.17, 15) is 9.59 Å². The normalized spacial score (nSPS) is 26.2. The average molecular weight is 334 g/mol. The third-order valence-corrected chi connectivity index (χ3v) is 4.90. The van der Waals surface area contributed by atoms with E-state index in [0.29, 0.717) is 18.5 Å². The summed E-state index contributed by atoms with van der Waals surface area (Å²) in [6.45, 7) is 4.12. The summed E-state index contributed by atoms with van der Waals surface area (Å²) < 4.78 is 0.871. The van der Waals surface area contributed by atoms with Gasteiger partial charge in [0, 0.05) is 4.47 Å². The molecule has 0 saturated carbocycles. The van der Waals surface area contributed by atoms with Gasteiger partial charge in [0.1, 0.15) is 0 Å². The second-order valence-electron chi connectivity index (χ2n) is 5.67. The lowest BCUT2D eigenvalue weighted by molar-refractivity contribution is -0.122. The van der Waals surface area contributed by atoms with Crippen LogP contribution in [0.3, 0.4) is 0 Å². The first kappa shape index (κ1) is 13.6. The zero-order valence-electron chi connectivity index (χ0n) is 11.5. The van der Waals surface area contributed by atoms with Crippen LogP contribution in [0.1, 0.15) is 26.7 Å². The molecule has 3 rings (SSSR count). The molecule has 2 atom stereocenters. The molecule has 1 aromatic carbocycles. The summed E-state index contributed by atoms with van der Waals surface area (Å²) in [6.07, 6.45) is 1.43. The molecular weight excluding hydrogens is 318 g/mol. The Balaban J connectivity index is 1.98. The molecule has 0 radical (unpaired) electrons. The van der Waals surface area contributed by atoms with Crippen LogP contribution in [0.2, 0.25) is 0 Å². The molecule has 3 nitrogen and oxygen atoms in total. The van der Waals surface area contributed by atoms with Crippen LogP contribution in [0.5, 0.6) is 0 Å². The van der Waals surface area contributed by atoms with E-state index in [1.807, 2.05) is 24.3 Å². The van der Waals surface area contributed by atoms with E-state index < -0.39 is 0 Å². The lowest BCUT2D eigenvalue weighted by atomic mass is 9.78. The molecule has 0 unspecified atom stereocenters. The number of allylic oxidation sites excluding steroid dienone is 2. The van der Waals surface area contributed by atoms with Crippen molar-refractivity contribution in [2.24, 2.45) is 11.8 Å². The molecule has 0 spiro atoms. The van der Waals surface area contributed by atoms with Gasteiger partial charge in [-0.1, -0.05) is 33.1 Å². The Hall–Kier alpha value is -1.42. The van der Waals surface area contributed by atoms with Gasteiger partial charge in [-0.3, -0.25) is 9.59 Å². The Morgan fingerprint density at radius 1 is 1.05 bits per heavy atom. The molecule has 0 aromatic heterocycles. The fourth-order valence-corrected chi connectivity index (χ4v) is 3.51. The number of nitrogens with zero attached hydrogens (tertiary/aromatic N) is 1. The maximum absolute atomic E-state index is 12.6. The maximum Gasteiger partial charge on any atom is 0.238 e. The number of anilines is 1. The third-order valence-electron chi connectivity index (χ3n) is 4.41. The monoisotopic (exact) mass is 333 g/mol. The second kappa shape index (κ2) is 4.85. The smallest absolute Gasteiger partial charge is 0.238 e. The molecule has 1 heterocycles. The molecular formula is C16H16BrNO2. The Morgan fingerprint density at radius 3 is 2.10 bits per heavy atom. The minimum Gasteiger partial charge on any atom is -0.274 e. The highest BCUT2D eigenvalue weighted by molar-refractivity contribution is 9.10. The summed E-state index contributed by atoms with van der Waals surface area (Å²) in [5, 5.41) is 0. The van der Waals surface area contributed by atoms with Crippen molar-refractivity contribution in [3.63, 3.8) is 0 Å². The van der Waals surface area contributed by atoms with Gasteiger partial charge in [-0.2, -0.15) is 0 Å². The van der Waals surface area contributed by atoms with Gasteiger partial charge >= 0.3 is 0 Å². The van der Waals surface area contributed by atoms with Crippen LogP contribution >= 0.6 is 15.9 Å². The van der Waals surface area contributed by atoms with Crippen LogP contribution in [-0.2, 0) is 9.59 Å². The molecule has 0 N–H and O–H groups in total. The topological polar surface area (TPSA) is 37.4 Å². The number of hydrogen-bond acceptors (Lipinski definition) is 2. The number of benzene rings is 1. The van der Waals surface area contributed by atoms with Crippen molar-refractivity contribution in [1.29, 1.82) is 0 Å². The summed E-state index contributed by atoms with van der Waals surface area (Å²) in [4.78, 5) is 26.5. The maximum atomic E-state index is 12.6. The minimum atomic E-state index is -0.176. The highest BCUT2D eigenvalue weighted by Gasteiger charge is 2.49. The molecule has 1 saturated heterocycles. The van der Waals surface area contributed by atoms with Gasteiger partial charge in [-0.25, -0.2) is 4.90 Å². The zero-order chi connectivity index (χ0) is 14.4. The van der Waals surface area contributed by atoms with E-state index in [0.717, 1.165) is 4.47 Å². The van der Waals surface area contributed by atoms with Gasteiger partial charge in [0.25, 0.3) is 0 Å². The molecule has 1 aromatic rings. The largest absolute Gasteiger partial charge is 0.274 e. The summed E-state index contributed by atoms with van der Waals surface area (Å²) in [6, 6.07) is 7.36. The Kier molecular flexibility index (Phi) is 3.28. The molecule has 1 aliphatic heterocycles. The van der Waals surface area contributed by atoms with Gasteiger partial charge in [-0.05, 0) is 44.9 Å². The fourth-order valence-electron chi connectivity index (χ4n) is 3.12. The summed E-state index contributed by atoms with van der Waals surface area (Å²) in [5.74, 6) is -0.453. The van der Waals surface area contributed by atoms with Crippen LogP contribution in [-0.4, -0.2) is 11.8 Å². The number of amides is 2. The lowest BCUT2D eigenvalue weighted by Crippen LogP contribution is -2.30. The molecule has 4 heteroatoms. The van der Waals surface area contributed by atoms with Gasteiger partial charge in [0.2, 0.25) is 11.8 Å². The Morgan fingerprint density at radius 2 is 1.60 bits per heavy atom. The van der Waals surface area contributed by atoms with Crippen LogP contribution < -0.4 is 4.90 Å². The predicted molar refractivity (Wildman–Crippen MR) is 81.2 cm³/mol. The number of hydrogen-bond donors (Lipinski definition) is 0. The number of rotatable bonds is 1. The number of imide groups is 1. The van der Waals surface area contributed by atoms with E-state index in [4.69, 9.17) is 0 Å². The highest BCUT2D eigenvalue weighted by atomic mass is 79.9. The summed E-state index contributed by atoms with van der Waals surface area (Å²) in [5.41, 5.74) is 3.17. The molecule has 1 aliphatic carbocycles. The van der Waals surface area contributed by atoms with Crippen LogP contribution in [0.15, 0.2) is 39.9 Å². The molecule has 1 fully saturated rings. The number of carbonyl (C=O) groups is 2. The zero-order valence-corrected chi connectivity index (χ0v) is 13.1. The van der Waals surface area contributed by atoms with Crippen molar-refractivity contribution in [2.75, 3.05) is 4.90 Å². The van der Waals surface area contributed by atoms with Crippen LogP contribution in [0, 0.1) is 11.8 Å². The second-order valence-corrected chi connectivity index (χ2v) is 6.59. The quantitative estimate of drug-likeness (QED) is 0.580. The minimum absolute atomic E-state index is 0.0510. The van der Waals surface area contributed by atoms with E-state index in [2.05, 4.69) is 29.8 Å². The van der Waals surface area contributed by atoms with E-state index in [1.165, 1.54) is 16.0 Å². The van der Waals surface area contributed by atoms with Gasteiger partial charge in [0.05, 0.1) is 17.5 Å². The molecule has 104 valence electrons. The third kappa shape index (κ3) is 2.03. The lowest BCUT2D eigenvalue weighted by Gasteiger charge is -2.23. The molecule has 0 bridgehead atoms. The number of fused-ring (bicyclic) bond motifs is 1. The van der Waals surface area contributed by atoms with Crippen molar-refractivity contribution >= 4 is 33.4 Å². The van der Waals surface area contributed by atoms with E-state index in [-0.39, 0.29) is 23.7 Å². The SMILES string of the molecule is CC1=C(C)C[C@H]2C(=O)N(c3cccc(Br)c3)C(=O)[C@H]2C1. The van der Waals surface area contributed by atoms with E-state index in [1.54, 1.807) is 0 Å². The van der Waals surface area contributed by atoms with Crippen LogP contribution in [0.4, 0.5) is 5.69 Å². The van der Waals surface area contributed by atoms with Crippen molar-refractivity contribution in [2.45, 2.75) is 26.7 Å².